The van der Waals surface area contributed by atoms with Crippen LogP contribution in [0.5, 0.6) is 0 Å². The quantitative estimate of drug-likeness (QED) is 0.695. The molecule has 0 saturated heterocycles. The zero-order valence-electron chi connectivity index (χ0n) is 12.0. The second kappa shape index (κ2) is 6.12. The molecule has 4 heteroatoms. The molecule has 0 aliphatic rings. The van der Waals surface area contributed by atoms with Crippen molar-refractivity contribution >= 4 is 5.78 Å². The molecule has 1 aromatic heterocycles. The summed E-state index contributed by atoms with van der Waals surface area (Å²) in [4.78, 5) is 24.7. The molecule has 110 valence electrons. The summed E-state index contributed by atoms with van der Waals surface area (Å²) >= 11 is 0. The molecule has 0 N–H and O–H groups in total. The maximum atomic E-state index is 12.6. The smallest absolute Gasteiger partial charge is 0.355 e. The van der Waals surface area contributed by atoms with Crippen LogP contribution in [0.3, 0.4) is 0 Å². The molecule has 0 unspecified atom stereocenters. The zero-order valence-corrected chi connectivity index (χ0v) is 12.0. The van der Waals surface area contributed by atoms with Crippen molar-refractivity contribution in [1.82, 2.24) is 0 Å². The minimum Gasteiger partial charge on any atom is -0.422 e. The fourth-order valence-electron chi connectivity index (χ4n) is 2.27. The number of hydrogen-bond acceptors (Lipinski definition) is 4. The van der Waals surface area contributed by atoms with E-state index in [0.717, 1.165) is 0 Å². The molecule has 2 aromatic carbocycles. The lowest BCUT2D eigenvalue weighted by atomic mass is 9.99. The van der Waals surface area contributed by atoms with Crippen LogP contribution in [0.4, 0.5) is 0 Å². The average Bonchev–Trinajstić information content (AvgIpc) is 2.62. The SMILES string of the molecule is N#Cc1c(C(=O)c2ccccc2)cc(-c2ccccc2)oc1=O. The summed E-state index contributed by atoms with van der Waals surface area (Å²) in [6.07, 6.45) is 0. The van der Waals surface area contributed by atoms with E-state index in [1.54, 1.807) is 60.7 Å². The highest BCUT2D eigenvalue weighted by molar-refractivity contribution is 6.10. The monoisotopic (exact) mass is 301 g/mol. The lowest BCUT2D eigenvalue weighted by Gasteiger charge is -2.06. The van der Waals surface area contributed by atoms with Crippen molar-refractivity contribution in [1.29, 1.82) is 5.26 Å². The number of hydrogen-bond donors (Lipinski definition) is 0. The van der Waals surface area contributed by atoms with Gasteiger partial charge in [-0.3, -0.25) is 4.79 Å². The summed E-state index contributed by atoms with van der Waals surface area (Å²) < 4.78 is 5.18. The zero-order chi connectivity index (χ0) is 16.2. The van der Waals surface area contributed by atoms with Gasteiger partial charge in [0, 0.05) is 11.1 Å². The predicted octanol–water partition coefficient (Wildman–Crippen LogP) is 3.41. The third-order valence-corrected chi connectivity index (χ3v) is 3.40. The van der Waals surface area contributed by atoms with Gasteiger partial charge in [0.2, 0.25) is 0 Å². The second-order valence-electron chi connectivity index (χ2n) is 4.86. The summed E-state index contributed by atoms with van der Waals surface area (Å²) in [5.74, 6) is -0.124. The molecule has 0 aliphatic carbocycles. The molecule has 0 atom stereocenters. The Kier molecular flexibility index (Phi) is 3.86. The molecule has 0 aliphatic heterocycles. The molecule has 4 nitrogen and oxygen atoms in total. The summed E-state index contributed by atoms with van der Waals surface area (Å²) in [5.41, 5.74) is 0.0327. The van der Waals surface area contributed by atoms with Crippen molar-refractivity contribution in [3.8, 4) is 17.4 Å². The third-order valence-electron chi connectivity index (χ3n) is 3.40. The Hall–Kier alpha value is -3.45. The Morgan fingerprint density at radius 1 is 0.957 bits per heavy atom. The molecule has 0 saturated carbocycles. The fraction of sp³-hybridized carbons (Fsp3) is 0. The minimum absolute atomic E-state index is 0.0498. The summed E-state index contributed by atoms with van der Waals surface area (Å²) in [5, 5.41) is 9.19. The van der Waals surface area contributed by atoms with Crippen LogP contribution in [0.2, 0.25) is 0 Å². The van der Waals surface area contributed by atoms with Gasteiger partial charge in [0.1, 0.15) is 17.4 Å². The van der Waals surface area contributed by atoms with Gasteiger partial charge in [-0.15, -0.1) is 0 Å². The van der Waals surface area contributed by atoms with Crippen molar-refractivity contribution < 1.29 is 9.21 Å². The van der Waals surface area contributed by atoms with E-state index < -0.39 is 5.63 Å². The highest BCUT2D eigenvalue weighted by Gasteiger charge is 2.19. The van der Waals surface area contributed by atoms with E-state index in [4.69, 9.17) is 4.42 Å². The molecule has 0 radical (unpaired) electrons. The number of nitrogens with zero attached hydrogens (tertiary/aromatic N) is 1. The minimum atomic E-state index is -0.812. The maximum Gasteiger partial charge on any atom is 0.355 e. The van der Waals surface area contributed by atoms with E-state index in [9.17, 15) is 14.9 Å². The molecular weight excluding hydrogens is 290 g/mol. The summed E-state index contributed by atoms with van der Waals surface area (Å²) in [6, 6.07) is 20.7. The van der Waals surface area contributed by atoms with Gasteiger partial charge < -0.3 is 4.42 Å². The van der Waals surface area contributed by atoms with E-state index in [1.165, 1.54) is 6.07 Å². The molecule has 0 bridgehead atoms. The highest BCUT2D eigenvalue weighted by atomic mass is 16.4. The third kappa shape index (κ3) is 2.81. The molecular formula is C19H11NO3. The van der Waals surface area contributed by atoms with Gasteiger partial charge in [0.05, 0.1) is 5.56 Å². The predicted molar refractivity (Wildman–Crippen MR) is 85.0 cm³/mol. The van der Waals surface area contributed by atoms with Gasteiger partial charge in [-0.2, -0.15) is 5.26 Å². The number of ketones is 1. The first-order valence-corrected chi connectivity index (χ1v) is 6.94. The van der Waals surface area contributed by atoms with Crippen LogP contribution in [0.25, 0.3) is 11.3 Å². The van der Waals surface area contributed by atoms with Crippen LogP contribution in [-0.2, 0) is 0 Å². The first kappa shape index (κ1) is 14.5. The fourth-order valence-corrected chi connectivity index (χ4v) is 2.27. The van der Waals surface area contributed by atoms with Gasteiger partial charge in [-0.1, -0.05) is 60.7 Å². The van der Waals surface area contributed by atoms with E-state index in [1.807, 2.05) is 6.07 Å². The van der Waals surface area contributed by atoms with Gasteiger partial charge in [0.25, 0.3) is 0 Å². The number of benzene rings is 2. The first-order valence-electron chi connectivity index (χ1n) is 6.94. The maximum absolute atomic E-state index is 12.6. The van der Waals surface area contributed by atoms with Crippen LogP contribution < -0.4 is 5.63 Å². The molecule has 1 heterocycles. The van der Waals surface area contributed by atoms with Crippen LogP contribution >= 0.6 is 0 Å². The lowest BCUT2D eigenvalue weighted by Crippen LogP contribution is -2.14. The first-order chi connectivity index (χ1) is 11.2. The van der Waals surface area contributed by atoms with Gasteiger partial charge in [0.15, 0.2) is 5.78 Å². The highest BCUT2D eigenvalue weighted by Crippen LogP contribution is 2.21. The Bertz CT molecular complexity index is 951. The van der Waals surface area contributed by atoms with Crippen LogP contribution in [0.1, 0.15) is 21.5 Å². The Morgan fingerprint density at radius 2 is 1.57 bits per heavy atom. The van der Waals surface area contributed by atoms with E-state index in [0.29, 0.717) is 11.1 Å². The van der Waals surface area contributed by atoms with E-state index >= 15 is 0 Å². The topological polar surface area (TPSA) is 71.1 Å². The Morgan fingerprint density at radius 3 is 2.17 bits per heavy atom. The normalized spacial score (nSPS) is 10.0. The second-order valence-corrected chi connectivity index (χ2v) is 4.86. The molecule has 3 aromatic rings. The van der Waals surface area contributed by atoms with E-state index in [2.05, 4.69) is 0 Å². The Labute approximate surface area is 132 Å². The number of carbonyl (C=O) groups excluding carboxylic acids is 1. The van der Waals surface area contributed by atoms with Crippen molar-refractivity contribution in [2.75, 3.05) is 0 Å². The summed E-state index contributed by atoms with van der Waals surface area (Å²) in [7, 11) is 0. The molecule has 0 fully saturated rings. The average molecular weight is 301 g/mol. The number of nitriles is 1. The van der Waals surface area contributed by atoms with Crippen LogP contribution in [-0.4, -0.2) is 5.78 Å². The number of rotatable bonds is 3. The molecule has 0 amide bonds. The summed E-state index contributed by atoms with van der Waals surface area (Å²) in [6.45, 7) is 0. The van der Waals surface area contributed by atoms with Crippen molar-refractivity contribution in [3.63, 3.8) is 0 Å². The van der Waals surface area contributed by atoms with Crippen molar-refractivity contribution in [2.45, 2.75) is 0 Å². The lowest BCUT2D eigenvalue weighted by molar-refractivity contribution is 0.103. The Balaban J connectivity index is 2.20. The van der Waals surface area contributed by atoms with Gasteiger partial charge in [-0.05, 0) is 6.07 Å². The van der Waals surface area contributed by atoms with Crippen LogP contribution in [0.15, 0.2) is 75.9 Å². The van der Waals surface area contributed by atoms with Gasteiger partial charge >= 0.3 is 5.63 Å². The molecule has 0 spiro atoms. The standard InChI is InChI=1S/C19H11NO3/c20-12-16-15(18(21)14-9-5-2-6-10-14)11-17(23-19(16)22)13-7-3-1-4-8-13/h1-11H. The number of carbonyl (C=O) groups is 1. The van der Waals surface area contributed by atoms with E-state index in [-0.39, 0.29) is 22.7 Å². The van der Waals surface area contributed by atoms with Crippen molar-refractivity contribution in [3.05, 3.63) is 93.8 Å². The van der Waals surface area contributed by atoms with Crippen molar-refractivity contribution in [2.24, 2.45) is 0 Å². The largest absolute Gasteiger partial charge is 0.422 e. The van der Waals surface area contributed by atoms with Gasteiger partial charge in [-0.25, -0.2) is 4.79 Å². The van der Waals surface area contributed by atoms with Crippen LogP contribution in [0, 0.1) is 11.3 Å². The molecule has 23 heavy (non-hydrogen) atoms. The molecule has 3 rings (SSSR count).